The highest BCUT2D eigenvalue weighted by Gasteiger charge is 2.11. The van der Waals surface area contributed by atoms with Gasteiger partial charge >= 0.3 is 5.97 Å². The average Bonchev–Trinajstić information content (AvgIpc) is 2.74. The Balaban J connectivity index is 1.84. The molecule has 3 rings (SSSR count). The molecule has 148 valence electrons. The van der Waals surface area contributed by atoms with Gasteiger partial charge in [0, 0.05) is 48.2 Å². The number of Topliss-reactive ketones (excluding diaryl/α,β-unsaturated/α-hetero) is 1. The van der Waals surface area contributed by atoms with Crippen molar-refractivity contribution >= 4 is 24.0 Å². The maximum Gasteiger partial charge on any atom is 0.305 e. The molecule has 9 heteroatoms. The van der Waals surface area contributed by atoms with Crippen LogP contribution in [-0.4, -0.2) is 38.4 Å². The summed E-state index contributed by atoms with van der Waals surface area (Å²) in [5.74, 6) is -0.581. The molecule has 0 bridgehead atoms. The first-order valence-electron chi connectivity index (χ1n) is 8.77. The van der Waals surface area contributed by atoms with Crippen molar-refractivity contribution in [2.75, 3.05) is 7.11 Å². The molecule has 0 aliphatic carbocycles. The number of carbonyl (C=O) groups excluding carboxylic acids is 2. The lowest BCUT2D eigenvalue weighted by Gasteiger charge is -2.10. The fourth-order valence-electron chi connectivity index (χ4n) is 2.74. The van der Waals surface area contributed by atoms with Crippen molar-refractivity contribution < 1.29 is 14.3 Å². The van der Waals surface area contributed by atoms with Crippen LogP contribution in [0.15, 0.2) is 54.0 Å². The molecule has 0 aliphatic heterocycles. The standard InChI is InChI=1S/C20H18N4O4S/c1-28-18(26)7-6-17(25)14-2-4-16(5-3-14)24-11-15(19(27)23-20(24)29)8-13-9-21-12-22-10-13/h2-5,9-12H,6-8H2,1H3,(H,23,27,29). The van der Waals surface area contributed by atoms with E-state index < -0.39 is 5.97 Å². The van der Waals surface area contributed by atoms with Gasteiger partial charge in [-0.05, 0) is 42.0 Å². The number of esters is 1. The Kier molecular flexibility index (Phi) is 6.40. The number of aromatic amines is 1. The maximum absolute atomic E-state index is 12.3. The summed E-state index contributed by atoms with van der Waals surface area (Å²) in [4.78, 5) is 46.2. The molecule has 0 fully saturated rings. The van der Waals surface area contributed by atoms with Gasteiger partial charge in [0.2, 0.25) is 0 Å². The first kappa shape index (κ1) is 20.3. The predicted molar refractivity (Wildman–Crippen MR) is 108 cm³/mol. The largest absolute Gasteiger partial charge is 0.469 e. The fraction of sp³-hybridized carbons (Fsp3) is 0.200. The fourth-order valence-corrected chi connectivity index (χ4v) is 2.99. The number of rotatable bonds is 7. The van der Waals surface area contributed by atoms with Crippen LogP contribution in [0.3, 0.4) is 0 Å². The summed E-state index contributed by atoms with van der Waals surface area (Å²) < 4.78 is 6.46. The summed E-state index contributed by atoms with van der Waals surface area (Å²) in [6, 6.07) is 6.78. The Morgan fingerprint density at radius 1 is 1.14 bits per heavy atom. The number of methoxy groups -OCH3 is 1. The molecule has 0 aliphatic rings. The van der Waals surface area contributed by atoms with Crippen LogP contribution in [0.5, 0.6) is 0 Å². The highest BCUT2D eigenvalue weighted by molar-refractivity contribution is 7.71. The Labute approximate surface area is 171 Å². The second-order valence-corrected chi connectivity index (χ2v) is 6.64. The number of nitrogens with zero attached hydrogens (tertiary/aromatic N) is 3. The van der Waals surface area contributed by atoms with E-state index in [1.165, 1.54) is 13.4 Å². The monoisotopic (exact) mass is 410 g/mol. The molecule has 2 aromatic heterocycles. The third-order valence-corrected chi connectivity index (χ3v) is 4.57. The number of ketones is 1. The third kappa shape index (κ3) is 5.08. The summed E-state index contributed by atoms with van der Waals surface area (Å²) in [5, 5.41) is 0. The van der Waals surface area contributed by atoms with Crippen LogP contribution in [0.2, 0.25) is 0 Å². The highest BCUT2D eigenvalue weighted by atomic mass is 32.1. The van der Waals surface area contributed by atoms with Crippen molar-refractivity contribution in [3.05, 3.63) is 81.0 Å². The summed E-state index contributed by atoms with van der Waals surface area (Å²) in [5.41, 5.74) is 2.21. The minimum atomic E-state index is -0.425. The highest BCUT2D eigenvalue weighted by Crippen LogP contribution is 2.13. The van der Waals surface area contributed by atoms with Gasteiger partial charge in [-0.25, -0.2) is 9.97 Å². The van der Waals surface area contributed by atoms with E-state index in [0.717, 1.165) is 5.56 Å². The molecular weight excluding hydrogens is 392 g/mol. The van der Waals surface area contributed by atoms with Gasteiger partial charge in [-0.1, -0.05) is 0 Å². The zero-order valence-electron chi connectivity index (χ0n) is 15.6. The topological polar surface area (TPSA) is 107 Å². The van der Waals surface area contributed by atoms with Crippen molar-refractivity contribution in [1.29, 1.82) is 0 Å². The predicted octanol–water partition coefficient (Wildman–Crippen LogP) is 2.41. The van der Waals surface area contributed by atoms with Gasteiger partial charge in [0.15, 0.2) is 10.6 Å². The first-order chi connectivity index (χ1) is 14.0. The van der Waals surface area contributed by atoms with E-state index >= 15 is 0 Å². The van der Waals surface area contributed by atoms with Gasteiger partial charge in [0.1, 0.15) is 6.33 Å². The number of ether oxygens (including phenoxy) is 1. The number of hydrogen-bond acceptors (Lipinski definition) is 7. The second-order valence-electron chi connectivity index (χ2n) is 6.25. The molecule has 2 heterocycles. The van der Waals surface area contributed by atoms with E-state index in [1.54, 1.807) is 47.4 Å². The van der Waals surface area contributed by atoms with Gasteiger partial charge < -0.3 is 4.74 Å². The SMILES string of the molecule is COC(=O)CCC(=O)c1ccc(-n2cc(Cc3cncnc3)c(=O)[nH]c2=S)cc1. The van der Waals surface area contributed by atoms with Gasteiger partial charge in [-0.3, -0.25) is 23.9 Å². The van der Waals surface area contributed by atoms with Crippen LogP contribution in [-0.2, 0) is 16.0 Å². The normalized spacial score (nSPS) is 10.5. The molecule has 0 unspecified atom stereocenters. The minimum absolute atomic E-state index is 0.0363. The number of hydrogen-bond donors (Lipinski definition) is 1. The van der Waals surface area contributed by atoms with E-state index in [0.29, 0.717) is 23.2 Å². The van der Waals surface area contributed by atoms with Crippen LogP contribution in [0.4, 0.5) is 0 Å². The van der Waals surface area contributed by atoms with E-state index in [9.17, 15) is 14.4 Å². The van der Waals surface area contributed by atoms with Gasteiger partial charge in [0.05, 0.1) is 13.5 Å². The van der Waals surface area contributed by atoms with Crippen molar-refractivity contribution in [1.82, 2.24) is 19.5 Å². The van der Waals surface area contributed by atoms with Crippen LogP contribution >= 0.6 is 12.2 Å². The van der Waals surface area contributed by atoms with Crippen LogP contribution < -0.4 is 5.56 Å². The van der Waals surface area contributed by atoms with Gasteiger partial charge in [-0.15, -0.1) is 0 Å². The lowest BCUT2D eigenvalue weighted by molar-refractivity contribution is -0.140. The first-order valence-corrected chi connectivity index (χ1v) is 9.18. The zero-order chi connectivity index (χ0) is 20.8. The number of aromatic nitrogens is 4. The molecule has 0 radical (unpaired) electrons. The molecule has 1 aromatic carbocycles. The molecule has 0 amide bonds. The molecule has 1 N–H and O–H groups in total. The van der Waals surface area contributed by atoms with E-state index in [1.807, 2.05) is 0 Å². The molecular formula is C20H18N4O4S. The Morgan fingerprint density at radius 2 is 1.83 bits per heavy atom. The Morgan fingerprint density at radius 3 is 2.48 bits per heavy atom. The molecule has 0 atom stereocenters. The average molecular weight is 410 g/mol. The third-order valence-electron chi connectivity index (χ3n) is 4.28. The number of carbonyl (C=O) groups is 2. The Hall–Kier alpha value is -3.46. The molecule has 0 saturated heterocycles. The molecule has 3 aromatic rings. The van der Waals surface area contributed by atoms with Crippen LogP contribution in [0.1, 0.15) is 34.3 Å². The summed E-state index contributed by atoms with van der Waals surface area (Å²) >= 11 is 5.28. The second kappa shape index (κ2) is 9.16. The van der Waals surface area contributed by atoms with E-state index in [4.69, 9.17) is 12.2 Å². The van der Waals surface area contributed by atoms with E-state index in [2.05, 4.69) is 19.7 Å². The summed E-state index contributed by atoms with van der Waals surface area (Å²) in [6.07, 6.45) is 6.86. The van der Waals surface area contributed by atoms with Crippen molar-refractivity contribution in [3.8, 4) is 5.69 Å². The smallest absolute Gasteiger partial charge is 0.305 e. The quantitative estimate of drug-likeness (QED) is 0.362. The summed E-state index contributed by atoms with van der Waals surface area (Å²) in [7, 11) is 1.29. The van der Waals surface area contributed by atoms with Crippen LogP contribution in [0, 0.1) is 4.77 Å². The van der Waals surface area contributed by atoms with Crippen molar-refractivity contribution in [3.63, 3.8) is 0 Å². The molecule has 29 heavy (non-hydrogen) atoms. The Bertz CT molecular complexity index is 1140. The van der Waals surface area contributed by atoms with Gasteiger partial charge in [0.25, 0.3) is 5.56 Å². The zero-order valence-corrected chi connectivity index (χ0v) is 16.4. The van der Waals surface area contributed by atoms with Gasteiger partial charge in [-0.2, -0.15) is 0 Å². The van der Waals surface area contributed by atoms with Crippen LogP contribution in [0.25, 0.3) is 5.69 Å². The van der Waals surface area contributed by atoms with E-state index in [-0.39, 0.29) is 29.0 Å². The lowest BCUT2D eigenvalue weighted by Crippen LogP contribution is -2.17. The number of H-pyrrole nitrogens is 1. The molecule has 0 spiro atoms. The minimum Gasteiger partial charge on any atom is -0.469 e. The van der Waals surface area contributed by atoms with Crippen molar-refractivity contribution in [2.24, 2.45) is 0 Å². The molecule has 0 saturated carbocycles. The van der Waals surface area contributed by atoms with Crippen molar-refractivity contribution in [2.45, 2.75) is 19.3 Å². The maximum atomic E-state index is 12.3. The number of nitrogens with one attached hydrogen (secondary N) is 1. The number of benzene rings is 1. The lowest BCUT2D eigenvalue weighted by atomic mass is 10.1. The molecule has 8 nitrogen and oxygen atoms in total. The summed E-state index contributed by atoms with van der Waals surface area (Å²) in [6.45, 7) is 0.